The van der Waals surface area contributed by atoms with Crippen molar-refractivity contribution in [2.75, 3.05) is 17.7 Å². The van der Waals surface area contributed by atoms with Crippen LogP contribution in [0.25, 0.3) is 89.6 Å². The normalized spacial score (nSPS) is 13.8. The van der Waals surface area contributed by atoms with Gasteiger partial charge in [0, 0.05) is 40.9 Å². The van der Waals surface area contributed by atoms with Crippen LogP contribution in [0, 0.1) is 13.8 Å². The fraction of sp³-hybridized carbons (Fsp3) is 0.204. The molecule has 15 nitrogen and oxygen atoms in total. The van der Waals surface area contributed by atoms with Crippen molar-refractivity contribution in [3.05, 3.63) is 145 Å². The number of nitrogens with one attached hydrogen (secondary N) is 4. The number of nitrogen functional groups attached to an aromatic ring is 1. The van der Waals surface area contributed by atoms with E-state index >= 15 is 0 Å². The number of anilines is 2. The first kappa shape index (κ1) is 44.4. The van der Waals surface area contributed by atoms with Crippen molar-refractivity contribution in [3.8, 4) is 67.8 Å². The van der Waals surface area contributed by atoms with Crippen molar-refractivity contribution in [2.24, 2.45) is 0 Å². The predicted octanol–water partition coefficient (Wildman–Crippen LogP) is 12.1. The van der Waals surface area contributed by atoms with Gasteiger partial charge in [0.2, 0.25) is 0 Å². The van der Waals surface area contributed by atoms with Gasteiger partial charge in [0.25, 0.3) is 0 Å². The third kappa shape index (κ3) is 9.32. The fourth-order valence-corrected chi connectivity index (χ4v) is 8.58. The molecule has 1 amide bonds. The van der Waals surface area contributed by atoms with Crippen molar-refractivity contribution in [2.45, 2.75) is 65.7 Å². The molecule has 6 N–H and O–H groups in total. The highest BCUT2D eigenvalue weighted by Gasteiger charge is 2.25. The summed E-state index contributed by atoms with van der Waals surface area (Å²) >= 11 is 0. The smallest absolute Gasteiger partial charge is 0.412 e. The predicted molar refractivity (Wildman–Crippen MR) is 271 cm³/mol. The first-order valence-corrected chi connectivity index (χ1v) is 23.0. The molecule has 1 saturated heterocycles. The molecule has 1 fully saturated rings. The summed E-state index contributed by atoms with van der Waals surface area (Å²) in [6.07, 6.45) is 13.1. The van der Waals surface area contributed by atoms with Crippen LogP contribution in [0.5, 0.6) is 0 Å². The zero-order chi connectivity index (χ0) is 47.6. The van der Waals surface area contributed by atoms with E-state index in [0.717, 1.165) is 121 Å². The third-order valence-electron chi connectivity index (χ3n) is 12.2. The molecule has 0 aliphatic carbocycles. The first-order valence-electron chi connectivity index (χ1n) is 23.0. The number of benzene rings is 4. The van der Waals surface area contributed by atoms with Gasteiger partial charge < -0.3 is 25.2 Å². The number of nitrogens with two attached hydrogens (primary N) is 1. The summed E-state index contributed by atoms with van der Waals surface area (Å²) in [6, 6.07) is 32.6. The summed E-state index contributed by atoms with van der Waals surface area (Å²) in [5.74, 6) is 1.42. The molecule has 7 heterocycles. The van der Waals surface area contributed by atoms with E-state index < -0.39 is 11.7 Å². The lowest BCUT2D eigenvalue weighted by molar-refractivity contribution is -0.0365. The molecular formula is C54H52N12O3. The van der Waals surface area contributed by atoms with Crippen LogP contribution in [0.15, 0.2) is 134 Å². The molecule has 1 aliphatic heterocycles. The minimum Gasteiger partial charge on any atom is -0.444 e. The molecule has 1 aliphatic rings. The molecule has 1 atom stereocenters. The number of ether oxygens (including phenoxy) is 2. The van der Waals surface area contributed by atoms with Crippen LogP contribution in [-0.4, -0.2) is 68.2 Å². The van der Waals surface area contributed by atoms with Crippen molar-refractivity contribution in [1.29, 1.82) is 0 Å². The van der Waals surface area contributed by atoms with Crippen molar-refractivity contribution >= 4 is 39.3 Å². The number of carbonyl (C=O) groups is 1. The number of rotatable bonds is 8. The number of nitrogens with zero attached hydrogens (tertiary/aromatic N) is 7. The van der Waals surface area contributed by atoms with Gasteiger partial charge in [-0.15, -0.1) is 0 Å². The lowest BCUT2D eigenvalue weighted by Crippen LogP contribution is -2.27. The molecule has 69 heavy (non-hydrogen) atoms. The van der Waals surface area contributed by atoms with Crippen molar-refractivity contribution in [3.63, 3.8) is 0 Å². The van der Waals surface area contributed by atoms with E-state index in [1.54, 1.807) is 12.4 Å². The van der Waals surface area contributed by atoms with Gasteiger partial charge in [-0.05, 0) is 112 Å². The number of H-pyrrole nitrogens is 3. The van der Waals surface area contributed by atoms with Crippen LogP contribution in [0.2, 0.25) is 0 Å². The zero-order valence-electron chi connectivity index (χ0n) is 39.0. The van der Waals surface area contributed by atoms with Crippen LogP contribution in [-0.2, 0) is 9.47 Å². The zero-order valence-corrected chi connectivity index (χ0v) is 39.0. The SMILES string of the molecule is Cc1c(N)cncc1-c1ccc2[nH]nc(-c3ncc(-c4ccccc4)[nH]3)c2c1.Cc1c(NC(=O)OC(C)(C)C)cncc1-c1ccc2c(c1)c(-c1ncc(-c3ccccc3)[nH]1)nn2C1CCCCO1. The van der Waals surface area contributed by atoms with Gasteiger partial charge in [0.05, 0.1) is 58.6 Å². The van der Waals surface area contributed by atoms with E-state index in [0.29, 0.717) is 17.2 Å². The first-order chi connectivity index (χ1) is 33.5. The van der Waals surface area contributed by atoms with Gasteiger partial charge >= 0.3 is 6.09 Å². The van der Waals surface area contributed by atoms with Crippen molar-refractivity contribution in [1.82, 2.24) is 49.9 Å². The van der Waals surface area contributed by atoms with Gasteiger partial charge in [-0.2, -0.15) is 10.2 Å². The number of aromatic amines is 3. The molecule has 0 radical (unpaired) electrons. The van der Waals surface area contributed by atoms with E-state index in [1.807, 2.05) is 125 Å². The summed E-state index contributed by atoms with van der Waals surface area (Å²) in [5, 5.41) is 17.4. The largest absolute Gasteiger partial charge is 0.444 e. The minimum atomic E-state index is -0.598. The summed E-state index contributed by atoms with van der Waals surface area (Å²) in [6.45, 7) is 10.2. The number of carbonyl (C=O) groups excluding carboxylic acids is 1. The average molecular weight is 917 g/mol. The van der Waals surface area contributed by atoms with Gasteiger partial charge in [0.1, 0.15) is 17.0 Å². The second-order valence-electron chi connectivity index (χ2n) is 18.1. The maximum atomic E-state index is 12.5. The number of imidazole rings is 2. The van der Waals surface area contributed by atoms with Gasteiger partial charge in [-0.25, -0.2) is 19.4 Å². The average Bonchev–Trinajstić information content (AvgIpc) is 4.20. The molecule has 10 aromatic rings. The van der Waals surface area contributed by atoms with Gasteiger partial charge in [0.15, 0.2) is 17.9 Å². The summed E-state index contributed by atoms with van der Waals surface area (Å²) in [4.78, 5) is 37.2. The lowest BCUT2D eigenvalue weighted by atomic mass is 9.99. The summed E-state index contributed by atoms with van der Waals surface area (Å²) in [7, 11) is 0. The second-order valence-corrected chi connectivity index (χ2v) is 18.1. The molecule has 11 rings (SSSR count). The highest BCUT2D eigenvalue weighted by Crippen LogP contribution is 2.37. The number of pyridine rings is 2. The molecule has 6 aromatic heterocycles. The Balaban J connectivity index is 0.000000172. The lowest BCUT2D eigenvalue weighted by Gasteiger charge is -2.23. The second kappa shape index (κ2) is 18.7. The molecular weight excluding hydrogens is 865 g/mol. The standard InChI is InChI=1S/C32H34N6O3.C22H18N6/c1-20-24(17-33-18-25(20)36-31(39)41-32(2,3)4)22-13-14-27-23(16-22)29(37-38(27)28-12-8-9-15-40-28)30-34-19-26(35-30)21-10-6-5-7-11-21;1-13-17(10-24-11-18(13)23)15-7-8-19-16(9-15)21(28-27-19)22-25-12-20(26-22)14-5-3-2-4-6-14/h5-7,10-11,13-14,16-19,28H,8-9,12,15H2,1-4H3,(H,34,35)(H,36,39);2-12H,23H2,1H3,(H,25,26)(H,27,28). The maximum absolute atomic E-state index is 12.5. The molecule has 346 valence electrons. The van der Waals surface area contributed by atoms with Crippen LogP contribution in [0.3, 0.4) is 0 Å². The summed E-state index contributed by atoms with van der Waals surface area (Å²) < 4.78 is 13.6. The number of fused-ring (bicyclic) bond motifs is 2. The highest BCUT2D eigenvalue weighted by atomic mass is 16.6. The topological polar surface area (TPSA) is 203 Å². The Hall–Kier alpha value is -8.43. The molecule has 15 heteroatoms. The maximum Gasteiger partial charge on any atom is 0.412 e. The Bertz CT molecular complexity index is 3430. The van der Waals surface area contributed by atoms with Gasteiger partial charge in [-0.1, -0.05) is 72.8 Å². The third-order valence-corrected chi connectivity index (χ3v) is 12.2. The quantitative estimate of drug-likeness (QED) is 0.0975. The summed E-state index contributed by atoms with van der Waals surface area (Å²) in [5.41, 5.74) is 20.0. The van der Waals surface area contributed by atoms with E-state index in [4.69, 9.17) is 25.3 Å². The molecule has 0 saturated carbocycles. The van der Waals surface area contributed by atoms with E-state index in [2.05, 4.69) is 76.8 Å². The molecule has 0 spiro atoms. The van der Waals surface area contributed by atoms with Crippen molar-refractivity contribution < 1.29 is 14.3 Å². The number of amides is 1. The van der Waals surface area contributed by atoms with Crippen LogP contribution in [0.4, 0.5) is 16.2 Å². The van der Waals surface area contributed by atoms with Crippen LogP contribution < -0.4 is 11.1 Å². The molecule has 4 aromatic carbocycles. The van der Waals surface area contributed by atoms with E-state index in [9.17, 15) is 4.79 Å². The Morgan fingerprint density at radius 2 is 1.35 bits per heavy atom. The van der Waals surface area contributed by atoms with E-state index in [-0.39, 0.29) is 6.23 Å². The molecule has 1 unspecified atom stereocenters. The van der Waals surface area contributed by atoms with E-state index in [1.165, 1.54) is 0 Å². The Kier molecular flexibility index (Phi) is 12.0. The number of hydrogen-bond acceptors (Lipinski definition) is 10. The van der Waals surface area contributed by atoms with Crippen LogP contribution in [0.1, 0.15) is 57.4 Å². The minimum absolute atomic E-state index is 0.126. The monoisotopic (exact) mass is 916 g/mol. The Morgan fingerprint density at radius 1 is 0.725 bits per heavy atom. The fourth-order valence-electron chi connectivity index (χ4n) is 8.58. The van der Waals surface area contributed by atoms with Gasteiger partial charge in [-0.3, -0.25) is 20.4 Å². The molecule has 0 bridgehead atoms. The highest BCUT2D eigenvalue weighted by molar-refractivity contribution is 5.97. The number of aromatic nitrogens is 10. The van der Waals surface area contributed by atoms with Crippen LogP contribution >= 0.6 is 0 Å². The Labute approximate surface area is 398 Å². The Morgan fingerprint density at radius 3 is 2.00 bits per heavy atom. The number of hydrogen-bond donors (Lipinski definition) is 5.